The van der Waals surface area contributed by atoms with Gasteiger partial charge in [-0.15, -0.1) is 0 Å². The van der Waals surface area contributed by atoms with Gasteiger partial charge in [-0.1, -0.05) is 20.8 Å². The highest BCUT2D eigenvalue weighted by atomic mass is 16.5. The molecule has 0 aliphatic rings. The van der Waals surface area contributed by atoms with E-state index in [0.29, 0.717) is 25.9 Å². The van der Waals surface area contributed by atoms with Crippen molar-refractivity contribution in [2.45, 2.75) is 46.5 Å². The first kappa shape index (κ1) is 16.9. The van der Waals surface area contributed by atoms with Gasteiger partial charge in [-0.3, -0.25) is 9.59 Å². The molecule has 5 heteroatoms. The first-order valence-electron chi connectivity index (χ1n) is 6.27. The molecule has 0 unspecified atom stereocenters. The van der Waals surface area contributed by atoms with E-state index in [1.54, 1.807) is 0 Å². The van der Waals surface area contributed by atoms with E-state index >= 15 is 0 Å². The SMILES string of the molecule is CC(C)(C)COC(=O)CCCCC(=O)OCCO. The Morgan fingerprint density at radius 1 is 1.00 bits per heavy atom. The predicted molar refractivity (Wildman–Crippen MR) is 66.9 cm³/mol. The molecule has 0 radical (unpaired) electrons. The van der Waals surface area contributed by atoms with E-state index in [1.807, 2.05) is 20.8 Å². The minimum Gasteiger partial charge on any atom is -0.465 e. The van der Waals surface area contributed by atoms with Crippen LogP contribution in [0.2, 0.25) is 0 Å². The van der Waals surface area contributed by atoms with Gasteiger partial charge in [0.2, 0.25) is 0 Å². The normalized spacial score (nSPS) is 11.1. The molecule has 0 aromatic heterocycles. The van der Waals surface area contributed by atoms with Crippen LogP contribution < -0.4 is 0 Å². The second kappa shape index (κ2) is 8.91. The van der Waals surface area contributed by atoms with E-state index < -0.39 is 0 Å². The van der Waals surface area contributed by atoms with Gasteiger partial charge in [0, 0.05) is 12.8 Å². The molecule has 18 heavy (non-hydrogen) atoms. The van der Waals surface area contributed by atoms with Crippen LogP contribution >= 0.6 is 0 Å². The molecule has 0 atom stereocenters. The fourth-order valence-corrected chi connectivity index (χ4v) is 1.14. The van der Waals surface area contributed by atoms with Gasteiger partial charge in [-0.25, -0.2) is 0 Å². The van der Waals surface area contributed by atoms with Gasteiger partial charge < -0.3 is 14.6 Å². The van der Waals surface area contributed by atoms with Crippen molar-refractivity contribution in [1.82, 2.24) is 0 Å². The van der Waals surface area contributed by atoms with Gasteiger partial charge in [0.1, 0.15) is 6.61 Å². The summed E-state index contributed by atoms with van der Waals surface area (Å²) in [4.78, 5) is 22.4. The maximum atomic E-state index is 11.3. The molecule has 0 bridgehead atoms. The minimum atomic E-state index is -0.341. The Labute approximate surface area is 108 Å². The van der Waals surface area contributed by atoms with Gasteiger partial charge in [-0.2, -0.15) is 0 Å². The number of aliphatic hydroxyl groups excluding tert-OH is 1. The highest BCUT2D eigenvalue weighted by Gasteiger charge is 2.13. The van der Waals surface area contributed by atoms with Gasteiger partial charge in [0.05, 0.1) is 13.2 Å². The number of esters is 2. The van der Waals surface area contributed by atoms with Gasteiger partial charge in [0.15, 0.2) is 0 Å². The molecule has 1 N–H and O–H groups in total. The lowest BCUT2D eigenvalue weighted by molar-refractivity contribution is -0.147. The summed E-state index contributed by atoms with van der Waals surface area (Å²) < 4.78 is 9.78. The summed E-state index contributed by atoms with van der Waals surface area (Å²) in [7, 11) is 0. The third-order valence-electron chi connectivity index (χ3n) is 2.03. The summed E-state index contributed by atoms with van der Waals surface area (Å²) in [6, 6.07) is 0. The third kappa shape index (κ3) is 11.4. The van der Waals surface area contributed by atoms with Crippen molar-refractivity contribution in [3.8, 4) is 0 Å². The first-order valence-corrected chi connectivity index (χ1v) is 6.27. The van der Waals surface area contributed by atoms with E-state index in [9.17, 15) is 9.59 Å². The van der Waals surface area contributed by atoms with Crippen LogP contribution in [-0.2, 0) is 19.1 Å². The molecule has 0 saturated carbocycles. The van der Waals surface area contributed by atoms with E-state index in [2.05, 4.69) is 4.74 Å². The lowest BCUT2D eigenvalue weighted by Crippen LogP contribution is -2.18. The zero-order valence-corrected chi connectivity index (χ0v) is 11.5. The highest BCUT2D eigenvalue weighted by Crippen LogP contribution is 2.13. The van der Waals surface area contributed by atoms with Crippen LogP contribution in [0.3, 0.4) is 0 Å². The molecular formula is C13H24O5. The minimum absolute atomic E-state index is 0.0240. The van der Waals surface area contributed by atoms with Gasteiger partial charge in [0.25, 0.3) is 0 Å². The average Bonchev–Trinajstić information content (AvgIpc) is 2.28. The molecule has 0 aliphatic carbocycles. The smallest absolute Gasteiger partial charge is 0.305 e. The number of aliphatic hydroxyl groups is 1. The van der Waals surface area contributed by atoms with Crippen molar-refractivity contribution in [2.75, 3.05) is 19.8 Å². The molecule has 0 spiro atoms. The molecule has 0 rings (SSSR count). The van der Waals surface area contributed by atoms with E-state index in [0.717, 1.165) is 0 Å². The monoisotopic (exact) mass is 260 g/mol. The number of ether oxygens (including phenoxy) is 2. The van der Waals surface area contributed by atoms with E-state index in [1.165, 1.54) is 0 Å². The molecule has 0 fully saturated rings. The Morgan fingerprint density at radius 2 is 1.50 bits per heavy atom. The lowest BCUT2D eigenvalue weighted by atomic mass is 9.99. The summed E-state index contributed by atoms with van der Waals surface area (Å²) in [6.45, 7) is 6.27. The second-order valence-corrected chi connectivity index (χ2v) is 5.37. The van der Waals surface area contributed by atoms with Crippen LogP contribution in [0, 0.1) is 5.41 Å². The second-order valence-electron chi connectivity index (χ2n) is 5.37. The molecule has 0 saturated heterocycles. The molecule has 0 aromatic carbocycles. The van der Waals surface area contributed by atoms with Crippen LogP contribution in [0.4, 0.5) is 0 Å². The predicted octanol–water partition coefficient (Wildman–Crippen LogP) is 1.67. The number of unbranched alkanes of at least 4 members (excludes halogenated alkanes) is 1. The molecule has 0 aromatic rings. The van der Waals surface area contributed by atoms with Gasteiger partial charge in [-0.05, 0) is 18.3 Å². The molecule has 106 valence electrons. The first-order chi connectivity index (χ1) is 8.35. The highest BCUT2D eigenvalue weighted by molar-refractivity contribution is 5.70. The Balaban J connectivity index is 3.49. The van der Waals surface area contributed by atoms with Crippen molar-refractivity contribution in [3.63, 3.8) is 0 Å². The number of hydrogen-bond donors (Lipinski definition) is 1. The third-order valence-corrected chi connectivity index (χ3v) is 2.03. The number of rotatable bonds is 8. The summed E-state index contributed by atoms with van der Waals surface area (Å²) in [6.07, 6.45) is 1.79. The van der Waals surface area contributed by atoms with Crippen molar-refractivity contribution >= 4 is 11.9 Å². The van der Waals surface area contributed by atoms with E-state index in [4.69, 9.17) is 9.84 Å². The standard InChI is InChI=1S/C13H24O5/c1-13(2,3)10-18-12(16)7-5-4-6-11(15)17-9-8-14/h14H,4-10H2,1-3H3. The summed E-state index contributed by atoms with van der Waals surface area (Å²) in [5, 5.41) is 8.45. The molecule has 0 heterocycles. The summed E-state index contributed by atoms with van der Waals surface area (Å²) in [5.41, 5.74) is -0.0240. The van der Waals surface area contributed by atoms with Crippen LogP contribution in [0.25, 0.3) is 0 Å². The van der Waals surface area contributed by atoms with Crippen LogP contribution in [0.5, 0.6) is 0 Å². The molecular weight excluding hydrogens is 236 g/mol. The van der Waals surface area contributed by atoms with E-state index in [-0.39, 0.29) is 37.0 Å². The Morgan fingerprint density at radius 3 is 1.94 bits per heavy atom. The zero-order chi connectivity index (χ0) is 14.0. The summed E-state index contributed by atoms with van der Waals surface area (Å²) in [5.74, 6) is -0.569. The summed E-state index contributed by atoms with van der Waals surface area (Å²) >= 11 is 0. The molecule has 0 amide bonds. The van der Waals surface area contributed by atoms with Crippen molar-refractivity contribution in [2.24, 2.45) is 5.41 Å². The zero-order valence-electron chi connectivity index (χ0n) is 11.5. The Hall–Kier alpha value is -1.10. The van der Waals surface area contributed by atoms with Gasteiger partial charge >= 0.3 is 11.9 Å². The maximum absolute atomic E-state index is 11.3. The number of carbonyl (C=O) groups excluding carboxylic acids is 2. The topological polar surface area (TPSA) is 72.8 Å². The Bertz CT molecular complexity index is 255. The molecule has 0 aliphatic heterocycles. The van der Waals surface area contributed by atoms with Crippen LogP contribution in [0.15, 0.2) is 0 Å². The Kier molecular flexibility index (Phi) is 8.37. The largest absolute Gasteiger partial charge is 0.465 e. The maximum Gasteiger partial charge on any atom is 0.305 e. The average molecular weight is 260 g/mol. The number of hydrogen-bond acceptors (Lipinski definition) is 5. The number of carbonyl (C=O) groups is 2. The van der Waals surface area contributed by atoms with Crippen molar-refractivity contribution < 1.29 is 24.2 Å². The fourth-order valence-electron chi connectivity index (χ4n) is 1.14. The van der Waals surface area contributed by atoms with Crippen LogP contribution in [-0.4, -0.2) is 36.9 Å². The lowest BCUT2D eigenvalue weighted by Gasteiger charge is -2.17. The van der Waals surface area contributed by atoms with Crippen molar-refractivity contribution in [3.05, 3.63) is 0 Å². The van der Waals surface area contributed by atoms with Crippen molar-refractivity contribution in [1.29, 1.82) is 0 Å². The quantitative estimate of drug-likeness (QED) is 0.531. The fraction of sp³-hybridized carbons (Fsp3) is 0.846. The van der Waals surface area contributed by atoms with Crippen LogP contribution in [0.1, 0.15) is 46.5 Å². The molecule has 5 nitrogen and oxygen atoms in total.